The van der Waals surface area contributed by atoms with Gasteiger partial charge in [0.05, 0.1) is 17.0 Å². The van der Waals surface area contributed by atoms with Gasteiger partial charge in [0.25, 0.3) is 5.91 Å². The van der Waals surface area contributed by atoms with Gasteiger partial charge in [-0.15, -0.1) is 0 Å². The van der Waals surface area contributed by atoms with E-state index in [2.05, 4.69) is 45.5 Å². The van der Waals surface area contributed by atoms with E-state index in [4.69, 9.17) is 0 Å². The monoisotopic (exact) mass is 522 g/mol. The molecule has 1 aromatic heterocycles. The van der Waals surface area contributed by atoms with Crippen molar-refractivity contribution in [3.8, 4) is 0 Å². The second kappa shape index (κ2) is 9.22. The molecular formula is C27H24BrFN2O3. The minimum atomic E-state index is -0.774. The third-order valence-corrected chi connectivity index (χ3v) is 7.24. The van der Waals surface area contributed by atoms with Crippen molar-refractivity contribution in [3.05, 3.63) is 82.2 Å². The van der Waals surface area contributed by atoms with Gasteiger partial charge in [-0.05, 0) is 78.4 Å². The van der Waals surface area contributed by atoms with Crippen molar-refractivity contribution in [1.29, 1.82) is 0 Å². The average Bonchev–Trinajstić information content (AvgIpc) is 3.24. The second-order valence-electron chi connectivity index (χ2n) is 8.99. The lowest BCUT2D eigenvalue weighted by molar-refractivity contribution is -0.142. The number of amides is 1. The van der Waals surface area contributed by atoms with Crippen LogP contribution in [0, 0.1) is 11.7 Å². The van der Waals surface area contributed by atoms with Crippen molar-refractivity contribution in [2.75, 3.05) is 0 Å². The van der Waals surface area contributed by atoms with Crippen molar-refractivity contribution in [1.82, 2.24) is 9.88 Å². The number of halogens is 2. The van der Waals surface area contributed by atoms with Gasteiger partial charge in [-0.1, -0.05) is 34.1 Å². The zero-order chi connectivity index (χ0) is 23.8. The minimum Gasteiger partial charge on any atom is -0.481 e. The molecule has 1 amide bonds. The molecule has 5 nitrogen and oxygen atoms in total. The van der Waals surface area contributed by atoms with Crippen LogP contribution in [0.4, 0.5) is 4.39 Å². The number of carbonyl (C=O) groups is 2. The number of carbonyl (C=O) groups excluding carboxylic acids is 1. The van der Waals surface area contributed by atoms with Gasteiger partial charge in [-0.3, -0.25) is 9.59 Å². The molecule has 34 heavy (non-hydrogen) atoms. The fourth-order valence-electron chi connectivity index (χ4n) is 4.92. The fourth-order valence-corrected chi connectivity index (χ4v) is 5.29. The topological polar surface area (TPSA) is 71.3 Å². The Bertz CT molecular complexity index is 1410. The Morgan fingerprint density at radius 2 is 1.76 bits per heavy atom. The normalized spacial score (nSPS) is 18.3. The third kappa shape index (κ3) is 4.44. The number of aromatic nitrogens is 1. The van der Waals surface area contributed by atoms with Crippen molar-refractivity contribution < 1.29 is 19.1 Å². The Kier molecular flexibility index (Phi) is 6.13. The molecular weight excluding hydrogens is 499 g/mol. The van der Waals surface area contributed by atoms with Crippen LogP contribution in [-0.2, 0) is 11.3 Å². The van der Waals surface area contributed by atoms with Gasteiger partial charge in [-0.25, -0.2) is 4.39 Å². The third-order valence-electron chi connectivity index (χ3n) is 6.75. The van der Waals surface area contributed by atoms with E-state index in [1.807, 2.05) is 22.9 Å². The van der Waals surface area contributed by atoms with E-state index in [0.717, 1.165) is 20.8 Å². The van der Waals surface area contributed by atoms with Gasteiger partial charge in [0.2, 0.25) is 0 Å². The summed E-state index contributed by atoms with van der Waals surface area (Å²) in [7, 11) is 0. The summed E-state index contributed by atoms with van der Waals surface area (Å²) in [5.41, 5.74) is 2.03. The summed E-state index contributed by atoms with van der Waals surface area (Å²) in [5.74, 6) is -1.74. The smallest absolute Gasteiger partial charge is 0.306 e. The van der Waals surface area contributed by atoms with Crippen molar-refractivity contribution >= 4 is 49.5 Å². The minimum absolute atomic E-state index is 0.0782. The molecule has 0 unspecified atom stereocenters. The molecule has 0 atom stereocenters. The SMILES string of the molecule is O=C(NC1CCC(C(=O)O)CC1)c1ccc(F)c2ccn(Cc3ccc4ccc(Br)cc4c3)c12. The second-order valence-corrected chi connectivity index (χ2v) is 9.90. The van der Waals surface area contributed by atoms with E-state index in [9.17, 15) is 19.1 Å². The summed E-state index contributed by atoms with van der Waals surface area (Å²) in [6, 6.07) is 16.8. The van der Waals surface area contributed by atoms with Crippen LogP contribution in [0.15, 0.2) is 65.3 Å². The molecule has 7 heteroatoms. The number of rotatable bonds is 5. The predicted molar refractivity (Wildman–Crippen MR) is 133 cm³/mol. The van der Waals surface area contributed by atoms with E-state index in [1.165, 1.54) is 12.1 Å². The summed E-state index contributed by atoms with van der Waals surface area (Å²) in [5, 5.41) is 14.9. The maximum absolute atomic E-state index is 14.6. The Balaban J connectivity index is 1.43. The van der Waals surface area contributed by atoms with Crippen LogP contribution in [0.25, 0.3) is 21.7 Å². The highest BCUT2D eigenvalue weighted by molar-refractivity contribution is 9.10. The Labute approximate surface area is 204 Å². The number of fused-ring (bicyclic) bond motifs is 2. The number of carboxylic acid groups (broad SMARTS) is 1. The Morgan fingerprint density at radius 1 is 1.00 bits per heavy atom. The number of aliphatic carboxylic acids is 1. The zero-order valence-electron chi connectivity index (χ0n) is 18.4. The average molecular weight is 523 g/mol. The van der Waals surface area contributed by atoms with E-state index < -0.39 is 5.97 Å². The largest absolute Gasteiger partial charge is 0.481 e. The highest BCUT2D eigenvalue weighted by Gasteiger charge is 2.27. The number of benzene rings is 3. The van der Waals surface area contributed by atoms with Crippen molar-refractivity contribution in [3.63, 3.8) is 0 Å². The lowest BCUT2D eigenvalue weighted by Gasteiger charge is -2.27. The zero-order valence-corrected chi connectivity index (χ0v) is 20.0. The van der Waals surface area contributed by atoms with Crippen molar-refractivity contribution in [2.24, 2.45) is 5.92 Å². The first-order valence-electron chi connectivity index (χ1n) is 11.4. The quantitative estimate of drug-likeness (QED) is 0.331. The van der Waals surface area contributed by atoms with E-state index in [1.54, 1.807) is 6.07 Å². The molecule has 2 N–H and O–H groups in total. The predicted octanol–water partition coefficient (Wildman–Crippen LogP) is 6.12. The van der Waals surface area contributed by atoms with Crippen LogP contribution in [-0.4, -0.2) is 27.6 Å². The fraction of sp³-hybridized carbons (Fsp3) is 0.259. The first-order chi connectivity index (χ1) is 16.4. The summed E-state index contributed by atoms with van der Waals surface area (Å²) in [6.45, 7) is 0.499. The standard InChI is InChI=1S/C27H24BrFN2O3/c28-20-6-3-17-2-1-16(13-19(17)14-20)15-31-12-11-22-24(29)10-9-23(25(22)31)26(32)30-21-7-4-18(5-8-21)27(33)34/h1-3,6,9-14,18,21H,4-5,7-8,15H2,(H,30,32)(H,33,34). The van der Waals surface area contributed by atoms with E-state index in [-0.39, 0.29) is 23.7 Å². The summed E-state index contributed by atoms with van der Waals surface area (Å²) < 4.78 is 17.5. The van der Waals surface area contributed by atoms with E-state index >= 15 is 0 Å². The number of nitrogens with zero attached hydrogens (tertiary/aromatic N) is 1. The number of carboxylic acids is 1. The van der Waals surface area contributed by atoms with Crippen LogP contribution < -0.4 is 5.32 Å². The summed E-state index contributed by atoms with van der Waals surface area (Å²) >= 11 is 3.51. The molecule has 0 spiro atoms. The molecule has 0 radical (unpaired) electrons. The number of hydrogen-bond donors (Lipinski definition) is 2. The molecule has 3 aromatic carbocycles. The highest BCUT2D eigenvalue weighted by atomic mass is 79.9. The summed E-state index contributed by atoms with van der Waals surface area (Å²) in [4.78, 5) is 24.4. The molecule has 1 aliphatic carbocycles. The Morgan fingerprint density at radius 3 is 2.53 bits per heavy atom. The Hall–Kier alpha value is -3.19. The maximum Gasteiger partial charge on any atom is 0.306 e. The van der Waals surface area contributed by atoms with Gasteiger partial charge in [0.15, 0.2) is 0 Å². The molecule has 1 fully saturated rings. The van der Waals surface area contributed by atoms with Gasteiger partial charge < -0.3 is 15.0 Å². The van der Waals surface area contributed by atoms with Crippen LogP contribution in [0.1, 0.15) is 41.6 Å². The highest BCUT2D eigenvalue weighted by Crippen LogP contribution is 2.28. The van der Waals surface area contributed by atoms with Gasteiger partial charge in [-0.2, -0.15) is 0 Å². The lowest BCUT2D eigenvalue weighted by atomic mass is 9.86. The van der Waals surface area contributed by atoms with Crippen molar-refractivity contribution in [2.45, 2.75) is 38.3 Å². The summed E-state index contributed by atoms with van der Waals surface area (Å²) in [6.07, 6.45) is 4.16. The molecule has 1 saturated carbocycles. The molecule has 174 valence electrons. The maximum atomic E-state index is 14.6. The van der Waals surface area contributed by atoms with Crippen LogP contribution in [0.2, 0.25) is 0 Å². The van der Waals surface area contributed by atoms with Gasteiger partial charge in [0.1, 0.15) is 5.82 Å². The number of nitrogens with one attached hydrogen (secondary N) is 1. The molecule has 1 heterocycles. The van der Waals surface area contributed by atoms with Gasteiger partial charge in [0, 0.05) is 28.6 Å². The number of hydrogen-bond acceptors (Lipinski definition) is 2. The van der Waals surface area contributed by atoms with Crippen LogP contribution in [0.3, 0.4) is 0 Å². The molecule has 4 aromatic rings. The molecule has 0 bridgehead atoms. The molecule has 0 aliphatic heterocycles. The first kappa shape index (κ1) is 22.6. The van der Waals surface area contributed by atoms with Crippen LogP contribution >= 0.6 is 15.9 Å². The molecule has 0 saturated heterocycles. The first-order valence-corrected chi connectivity index (χ1v) is 12.2. The van der Waals surface area contributed by atoms with Crippen LogP contribution in [0.5, 0.6) is 0 Å². The van der Waals surface area contributed by atoms with Gasteiger partial charge >= 0.3 is 5.97 Å². The molecule has 5 rings (SSSR count). The molecule has 1 aliphatic rings. The lowest BCUT2D eigenvalue weighted by Crippen LogP contribution is -2.38. The van der Waals surface area contributed by atoms with E-state index in [0.29, 0.717) is 48.7 Å².